The highest BCUT2D eigenvalue weighted by Crippen LogP contribution is 2.11. The van der Waals surface area contributed by atoms with Gasteiger partial charge in [-0.2, -0.15) is 5.10 Å². The molecule has 0 saturated heterocycles. The first-order valence-corrected chi connectivity index (χ1v) is 5.48. The minimum Gasteiger partial charge on any atom is -0.446 e. The molecule has 0 bridgehead atoms. The van der Waals surface area contributed by atoms with E-state index in [1.807, 2.05) is 12.1 Å². The van der Waals surface area contributed by atoms with E-state index < -0.39 is 12.1 Å². The van der Waals surface area contributed by atoms with Gasteiger partial charge in [0.1, 0.15) is 0 Å². The number of nitrogens with zero attached hydrogens (tertiary/aromatic N) is 2. The monoisotopic (exact) mass is 240 g/mol. The number of terminal acetylenes is 1. The van der Waals surface area contributed by atoms with E-state index >= 15 is 0 Å². The summed E-state index contributed by atoms with van der Waals surface area (Å²) in [5, 5.41) is 4.10. The number of hydrogen-bond donors (Lipinski definition) is 0. The van der Waals surface area contributed by atoms with Crippen LogP contribution < -0.4 is 0 Å². The van der Waals surface area contributed by atoms with Gasteiger partial charge in [-0.05, 0) is 31.2 Å². The van der Waals surface area contributed by atoms with Gasteiger partial charge in [0.25, 0.3) is 0 Å². The largest absolute Gasteiger partial charge is 0.446 e. The van der Waals surface area contributed by atoms with Crippen molar-refractivity contribution in [2.75, 3.05) is 0 Å². The van der Waals surface area contributed by atoms with Crippen molar-refractivity contribution < 1.29 is 9.53 Å². The number of carbonyl (C=O) groups is 1. The van der Waals surface area contributed by atoms with Gasteiger partial charge < -0.3 is 4.74 Å². The lowest BCUT2D eigenvalue weighted by atomic mass is 10.2. The summed E-state index contributed by atoms with van der Waals surface area (Å²) in [6.45, 7) is 1.65. The first-order chi connectivity index (χ1) is 8.70. The fourth-order valence-corrected chi connectivity index (χ4v) is 1.46. The summed E-state index contributed by atoms with van der Waals surface area (Å²) in [6, 6.07) is 8.82. The molecule has 4 heteroatoms. The smallest absolute Gasteiger partial charge is 0.339 e. The molecular formula is C14H12N2O2. The van der Waals surface area contributed by atoms with Crippen LogP contribution in [0.1, 0.15) is 17.3 Å². The van der Waals surface area contributed by atoms with Crippen molar-refractivity contribution in [2.24, 2.45) is 0 Å². The van der Waals surface area contributed by atoms with Crippen molar-refractivity contribution >= 4 is 5.97 Å². The predicted molar refractivity (Wildman–Crippen MR) is 67.3 cm³/mol. The third-order valence-corrected chi connectivity index (χ3v) is 2.37. The highest BCUT2D eigenvalue weighted by atomic mass is 16.5. The van der Waals surface area contributed by atoms with Crippen LogP contribution in [0.25, 0.3) is 5.69 Å². The zero-order chi connectivity index (χ0) is 13.0. The van der Waals surface area contributed by atoms with E-state index in [4.69, 9.17) is 11.2 Å². The molecular weight excluding hydrogens is 228 g/mol. The maximum absolute atomic E-state index is 11.8. The molecule has 2 aromatic rings. The SMILES string of the molecule is C#C[C@H](C)OC(=O)c1cccc(-n2cccn2)c1. The van der Waals surface area contributed by atoms with Crippen molar-refractivity contribution in [1.29, 1.82) is 0 Å². The number of rotatable bonds is 3. The van der Waals surface area contributed by atoms with Crippen LogP contribution in [0.2, 0.25) is 0 Å². The summed E-state index contributed by atoms with van der Waals surface area (Å²) < 4.78 is 6.72. The second kappa shape index (κ2) is 5.19. The maximum atomic E-state index is 11.8. The fourth-order valence-electron chi connectivity index (χ4n) is 1.46. The second-order valence-corrected chi connectivity index (χ2v) is 3.72. The molecule has 0 radical (unpaired) electrons. The van der Waals surface area contributed by atoms with Crippen molar-refractivity contribution in [3.8, 4) is 18.0 Å². The van der Waals surface area contributed by atoms with E-state index in [9.17, 15) is 4.79 Å². The molecule has 1 aromatic carbocycles. The Morgan fingerprint density at radius 2 is 2.33 bits per heavy atom. The van der Waals surface area contributed by atoms with Crippen LogP contribution >= 0.6 is 0 Å². The van der Waals surface area contributed by atoms with Crippen molar-refractivity contribution in [2.45, 2.75) is 13.0 Å². The Bertz CT molecular complexity index is 582. The van der Waals surface area contributed by atoms with Gasteiger partial charge in [0.15, 0.2) is 6.10 Å². The highest BCUT2D eigenvalue weighted by molar-refractivity contribution is 5.90. The van der Waals surface area contributed by atoms with Crippen LogP contribution in [-0.4, -0.2) is 21.9 Å². The van der Waals surface area contributed by atoms with Crippen molar-refractivity contribution in [3.05, 3.63) is 48.3 Å². The molecule has 0 spiro atoms. The van der Waals surface area contributed by atoms with Crippen LogP contribution in [0.4, 0.5) is 0 Å². The third kappa shape index (κ3) is 2.58. The molecule has 0 fully saturated rings. The quantitative estimate of drug-likeness (QED) is 0.609. The number of aromatic nitrogens is 2. The van der Waals surface area contributed by atoms with Crippen LogP contribution in [0.5, 0.6) is 0 Å². The van der Waals surface area contributed by atoms with Crippen LogP contribution in [0, 0.1) is 12.3 Å². The Labute approximate surface area is 105 Å². The molecule has 0 aliphatic heterocycles. The van der Waals surface area contributed by atoms with Gasteiger partial charge in [-0.1, -0.05) is 12.0 Å². The molecule has 0 aliphatic rings. The van der Waals surface area contributed by atoms with Crippen molar-refractivity contribution in [3.63, 3.8) is 0 Å². The Hall–Kier alpha value is -2.54. The molecule has 0 amide bonds. The zero-order valence-electron chi connectivity index (χ0n) is 9.91. The molecule has 18 heavy (non-hydrogen) atoms. The lowest BCUT2D eigenvalue weighted by Crippen LogP contribution is -2.13. The standard InChI is InChI=1S/C14H12N2O2/c1-3-11(2)18-14(17)12-6-4-7-13(10-12)16-9-5-8-15-16/h1,4-11H,2H3/t11-/m0/s1. The van der Waals surface area contributed by atoms with Gasteiger partial charge in [0.2, 0.25) is 0 Å². The number of esters is 1. The molecule has 4 nitrogen and oxygen atoms in total. The van der Waals surface area contributed by atoms with E-state index in [2.05, 4.69) is 11.0 Å². The van der Waals surface area contributed by atoms with Gasteiger partial charge in [0, 0.05) is 12.4 Å². The summed E-state index contributed by atoms with van der Waals surface area (Å²) in [4.78, 5) is 11.8. The molecule has 2 rings (SSSR count). The van der Waals surface area contributed by atoms with E-state index in [0.717, 1.165) is 5.69 Å². The Kier molecular flexibility index (Phi) is 3.44. The molecule has 1 atom stereocenters. The van der Waals surface area contributed by atoms with Crippen LogP contribution in [0.3, 0.4) is 0 Å². The molecule has 0 unspecified atom stereocenters. The summed E-state index contributed by atoms with van der Waals surface area (Å²) in [5.74, 6) is 1.91. The summed E-state index contributed by atoms with van der Waals surface area (Å²) in [6.07, 6.45) is 8.10. The maximum Gasteiger partial charge on any atom is 0.339 e. The molecule has 0 N–H and O–H groups in total. The van der Waals surface area contributed by atoms with Gasteiger partial charge >= 0.3 is 5.97 Å². The average molecular weight is 240 g/mol. The third-order valence-electron chi connectivity index (χ3n) is 2.37. The summed E-state index contributed by atoms with van der Waals surface area (Å²) >= 11 is 0. The van der Waals surface area contributed by atoms with E-state index in [0.29, 0.717) is 5.56 Å². The number of carbonyl (C=O) groups excluding carboxylic acids is 1. The lowest BCUT2D eigenvalue weighted by molar-refractivity contribution is 0.0439. The van der Waals surface area contributed by atoms with E-state index in [-0.39, 0.29) is 0 Å². The van der Waals surface area contributed by atoms with Gasteiger partial charge in [0.05, 0.1) is 11.3 Å². The first kappa shape index (κ1) is 11.9. The topological polar surface area (TPSA) is 44.1 Å². The predicted octanol–water partition coefficient (Wildman–Crippen LogP) is 2.05. The normalized spacial score (nSPS) is 11.6. The molecule has 0 aliphatic carbocycles. The Balaban J connectivity index is 2.23. The van der Waals surface area contributed by atoms with Crippen LogP contribution in [-0.2, 0) is 4.74 Å². The number of ether oxygens (including phenoxy) is 1. The average Bonchev–Trinajstić information content (AvgIpc) is 2.92. The lowest BCUT2D eigenvalue weighted by Gasteiger charge is -2.08. The molecule has 1 heterocycles. The zero-order valence-corrected chi connectivity index (χ0v) is 9.91. The molecule has 90 valence electrons. The second-order valence-electron chi connectivity index (χ2n) is 3.72. The van der Waals surface area contributed by atoms with E-state index in [1.54, 1.807) is 42.2 Å². The fraction of sp³-hybridized carbons (Fsp3) is 0.143. The molecule has 1 aromatic heterocycles. The van der Waals surface area contributed by atoms with E-state index in [1.165, 1.54) is 0 Å². The number of benzene rings is 1. The number of hydrogen-bond acceptors (Lipinski definition) is 3. The Morgan fingerprint density at radius 3 is 3.00 bits per heavy atom. The van der Waals surface area contributed by atoms with Crippen LogP contribution in [0.15, 0.2) is 42.7 Å². The minimum atomic E-state index is -0.536. The Morgan fingerprint density at radius 1 is 1.50 bits per heavy atom. The van der Waals surface area contributed by atoms with Crippen molar-refractivity contribution in [1.82, 2.24) is 9.78 Å². The summed E-state index contributed by atoms with van der Waals surface area (Å²) in [7, 11) is 0. The van der Waals surface area contributed by atoms with Gasteiger partial charge in [-0.3, -0.25) is 0 Å². The van der Waals surface area contributed by atoms with Gasteiger partial charge in [-0.25, -0.2) is 9.48 Å². The van der Waals surface area contributed by atoms with Gasteiger partial charge in [-0.15, -0.1) is 6.42 Å². The highest BCUT2D eigenvalue weighted by Gasteiger charge is 2.11. The first-order valence-electron chi connectivity index (χ1n) is 5.48. The summed E-state index contributed by atoms with van der Waals surface area (Å²) in [5.41, 5.74) is 1.24. The molecule has 0 saturated carbocycles. The minimum absolute atomic E-state index is 0.436.